The lowest BCUT2D eigenvalue weighted by Gasteiger charge is -2.28. The second kappa shape index (κ2) is 12.6. The number of aryl methyl sites for hydroxylation is 3. The number of thioether (sulfide) groups is 1. The van der Waals surface area contributed by atoms with Crippen molar-refractivity contribution in [2.24, 2.45) is 0 Å². The average molecular weight is 535 g/mol. The zero-order chi connectivity index (χ0) is 27.9. The summed E-state index contributed by atoms with van der Waals surface area (Å²) in [6, 6.07) is 19.5. The van der Waals surface area contributed by atoms with Crippen molar-refractivity contribution in [3.63, 3.8) is 0 Å². The smallest absolute Gasteiger partial charge is 0.327 e. The van der Waals surface area contributed by atoms with Crippen molar-refractivity contribution >= 4 is 35.2 Å². The number of ether oxygens (including phenoxy) is 1. The molecular weight excluding hydrogens is 500 g/mol. The van der Waals surface area contributed by atoms with Crippen LogP contribution in [0.4, 0.5) is 5.69 Å². The number of benzene rings is 3. The van der Waals surface area contributed by atoms with Gasteiger partial charge in [-0.05, 0) is 87.2 Å². The molecule has 3 aromatic carbocycles. The number of aliphatic carboxylic acids is 1. The van der Waals surface area contributed by atoms with Gasteiger partial charge in [-0.2, -0.15) is 11.8 Å². The third-order valence-electron chi connectivity index (χ3n) is 5.83. The molecule has 7 nitrogen and oxygen atoms in total. The molecule has 0 aliphatic carbocycles. The van der Waals surface area contributed by atoms with Crippen molar-refractivity contribution < 1.29 is 24.2 Å². The highest BCUT2D eigenvalue weighted by molar-refractivity contribution is 7.98. The summed E-state index contributed by atoms with van der Waals surface area (Å²) in [6.45, 7) is 8.90. The van der Waals surface area contributed by atoms with Crippen LogP contribution < -0.4 is 15.4 Å². The normalized spacial score (nSPS) is 11.9. The molecule has 1 atom stereocenters. The first kappa shape index (κ1) is 28.8. The van der Waals surface area contributed by atoms with Crippen LogP contribution in [0.2, 0.25) is 0 Å². The highest BCUT2D eigenvalue weighted by atomic mass is 32.2. The summed E-state index contributed by atoms with van der Waals surface area (Å²) in [5.41, 5.74) is 3.70. The molecule has 2 amide bonds. The first-order valence-electron chi connectivity index (χ1n) is 12.3. The van der Waals surface area contributed by atoms with Crippen molar-refractivity contribution in [1.82, 2.24) is 5.32 Å². The van der Waals surface area contributed by atoms with Crippen LogP contribution in [0.3, 0.4) is 0 Å². The molecule has 1 unspecified atom stereocenters. The molecule has 0 saturated carbocycles. The van der Waals surface area contributed by atoms with E-state index >= 15 is 0 Å². The van der Waals surface area contributed by atoms with E-state index in [1.54, 1.807) is 39.0 Å². The maximum absolute atomic E-state index is 13.0. The number of amides is 2. The molecule has 0 bridgehead atoms. The first-order valence-corrected chi connectivity index (χ1v) is 13.4. The van der Waals surface area contributed by atoms with Gasteiger partial charge in [-0.1, -0.05) is 36.4 Å². The Balaban J connectivity index is 1.61. The summed E-state index contributed by atoms with van der Waals surface area (Å²) < 4.78 is 5.99. The number of carboxylic acid groups (broad SMARTS) is 1. The number of hydrogen-bond acceptors (Lipinski definition) is 5. The Kier molecular flexibility index (Phi) is 9.58. The van der Waals surface area contributed by atoms with Crippen molar-refractivity contribution in [3.05, 3.63) is 94.5 Å². The van der Waals surface area contributed by atoms with Crippen LogP contribution in [0.5, 0.6) is 5.75 Å². The fraction of sp³-hybridized carbons (Fsp3) is 0.300. The van der Waals surface area contributed by atoms with E-state index in [-0.39, 0.29) is 11.7 Å². The van der Waals surface area contributed by atoms with E-state index in [1.807, 2.05) is 62.4 Å². The maximum atomic E-state index is 13.0. The largest absolute Gasteiger partial charge is 0.480 e. The van der Waals surface area contributed by atoms with E-state index in [9.17, 15) is 19.5 Å². The number of rotatable bonds is 11. The Hall–Kier alpha value is -3.78. The highest BCUT2D eigenvalue weighted by Gasteiger charge is 2.34. The van der Waals surface area contributed by atoms with Gasteiger partial charge >= 0.3 is 5.97 Å². The van der Waals surface area contributed by atoms with Crippen molar-refractivity contribution in [2.75, 3.05) is 11.1 Å². The molecule has 3 rings (SSSR count). The zero-order valence-corrected chi connectivity index (χ0v) is 23.1. The molecule has 0 aliphatic heterocycles. The van der Waals surface area contributed by atoms with E-state index in [0.717, 1.165) is 22.4 Å². The van der Waals surface area contributed by atoms with E-state index in [2.05, 4.69) is 10.6 Å². The number of carbonyl (C=O) groups excluding carboxylic acids is 2. The quantitative estimate of drug-likeness (QED) is 0.299. The van der Waals surface area contributed by atoms with Crippen LogP contribution in [0, 0.1) is 20.8 Å². The van der Waals surface area contributed by atoms with E-state index in [1.165, 1.54) is 11.8 Å². The monoisotopic (exact) mass is 534 g/mol. The molecule has 8 heteroatoms. The van der Waals surface area contributed by atoms with Gasteiger partial charge in [-0.25, -0.2) is 4.79 Å². The number of anilines is 1. The van der Waals surface area contributed by atoms with Gasteiger partial charge in [-0.3, -0.25) is 9.59 Å². The standard InChI is InChI=1S/C30H34N2O5S/c1-19-13-20(2)15-24(14-19)31-27(33)23-11-12-26(21(3)16-23)37-30(4,5)29(36)32-25(28(34)35)18-38-17-22-9-7-6-8-10-22/h6-16,25H,17-18H2,1-5H3,(H,31,33)(H,32,36)(H,34,35). The van der Waals surface area contributed by atoms with Gasteiger partial charge in [0, 0.05) is 22.8 Å². The lowest BCUT2D eigenvalue weighted by atomic mass is 10.1. The third kappa shape index (κ3) is 8.11. The van der Waals surface area contributed by atoms with Crippen LogP contribution >= 0.6 is 11.8 Å². The molecule has 3 aromatic rings. The Morgan fingerprint density at radius 3 is 2.21 bits per heavy atom. The Morgan fingerprint density at radius 2 is 1.61 bits per heavy atom. The fourth-order valence-electron chi connectivity index (χ4n) is 3.85. The topological polar surface area (TPSA) is 105 Å². The molecule has 3 N–H and O–H groups in total. The minimum Gasteiger partial charge on any atom is -0.480 e. The zero-order valence-electron chi connectivity index (χ0n) is 22.3. The van der Waals surface area contributed by atoms with Crippen LogP contribution in [0.15, 0.2) is 66.7 Å². The van der Waals surface area contributed by atoms with Crippen LogP contribution in [-0.2, 0) is 15.3 Å². The Morgan fingerprint density at radius 1 is 0.947 bits per heavy atom. The van der Waals surface area contributed by atoms with Gasteiger partial charge in [0.25, 0.3) is 11.8 Å². The predicted molar refractivity (Wildman–Crippen MR) is 152 cm³/mol. The molecule has 0 aliphatic rings. The minimum absolute atomic E-state index is 0.218. The van der Waals surface area contributed by atoms with Gasteiger partial charge in [-0.15, -0.1) is 0 Å². The summed E-state index contributed by atoms with van der Waals surface area (Å²) >= 11 is 1.43. The van der Waals surface area contributed by atoms with E-state index in [4.69, 9.17) is 4.74 Å². The summed E-state index contributed by atoms with van der Waals surface area (Å²) in [6.07, 6.45) is 0. The SMILES string of the molecule is Cc1cc(C)cc(NC(=O)c2ccc(OC(C)(C)C(=O)NC(CSCc3ccccc3)C(=O)O)c(C)c2)c1. The summed E-state index contributed by atoms with van der Waals surface area (Å²) in [5, 5.41) is 15.1. The van der Waals surface area contributed by atoms with Crippen molar-refractivity contribution in [2.45, 2.75) is 52.0 Å². The second-order valence-corrected chi connectivity index (χ2v) is 10.8. The van der Waals surface area contributed by atoms with Gasteiger partial charge in [0.15, 0.2) is 5.60 Å². The van der Waals surface area contributed by atoms with Crippen molar-refractivity contribution in [1.29, 1.82) is 0 Å². The van der Waals surface area contributed by atoms with Gasteiger partial charge in [0.05, 0.1) is 0 Å². The first-order chi connectivity index (χ1) is 17.9. The van der Waals surface area contributed by atoms with Crippen LogP contribution in [0.25, 0.3) is 0 Å². The third-order valence-corrected chi connectivity index (χ3v) is 6.93. The highest BCUT2D eigenvalue weighted by Crippen LogP contribution is 2.25. The fourth-order valence-corrected chi connectivity index (χ4v) is 4.86. The number of carboxylic acids is 1. The molecule has 0 radical (unpaired) electrons. The average Bonchev–Trinajstić information content (AvgIpc) is 2.84. The summed E-state index contributed by atoms with van der Waals surface area (Å²) in [4.78, 5) is 37.6. The van der Waals surface area contributed by atoms with Gasteiger partial charge in [0.1, 0.15) is 11.8 Å². The Bertz CT molecular complexity index is 1290. The number of carbonyl (C=O) groups is 3. The Labute approximate surface area is 228 Å². The second-order valence-electron chi connectivity index (χ2n) is 9.79. The molecule has 0 spiro atoms. The van der Waals surface area contributed by atoms with Gasteiger partial charge in [0.2, 0.25) is 0 Å². The molecule has 0 fully saturated rings. The lowest BCUT2D eigenvalue weighted by molar-refractivity contribution is -0.144. The molecule has 0 heterocycles. The number of nitrogens with one attached hydrogen (secondary N) is 2. The van der Waals surface area contributed by atoms with E-state index in [0.29, 0.717) is 22.6 Å². The molecule has 0 aromatic heterocycles. The summed E-state index contributed by atoms with van der Waals surface area (Å²) in [5.74, 6) is -0.609. The molecule has 38 heavy (non-hydrogen) atoms. The molecular formula is C30H34N2O5S. The maximum Gasteiger partial charge on any atom is 0.327 e. The molecule has 200 valence electrons. The number of hydrogen-bond donors (Lipinski definition) is 3. The molecule has 0 saturated heterocycles. The minimum atomic E-state index is -1.34. The van der Waals surface area contributed by atoms with Crippen molar-refractivity contribution in [3.8, 4) is 5.75 Å². The predicted octanol–water partition coefficient (Wildman–Crippen LogP) is 5.52. The van der Waals surface area contributed by atoms with Gasteiger partial charge < -0.3 is 20.5 Å². The summed E-state index contributed by atoms with van der Waals surface area (Å²) in [7, 11) is 0. The lowest BCUT2D eigenvalue weighted by Crippen LogP contribution is -2.53. The van der Waals surface area contributed by atoms with E-state index < -0.39 is 23.5 Å². The van der Waals surface area contributed by atoms with Crippen LogP contribution in [-0.4, -0.2) is 40.3 Å². The van der Waals surface area contributed by atoms with Crippen LogP contribution in [0.1, 0.15) is 46.5 Å².